The van der Waals surface area contributed by atoms with Crippen molar-refractivity contribution in [3.05, 3.63) is 47.7 Å². The fourth-order valence-electron chi connectivity index (χ4n) is 1.86. The lowest BCUT2D eigenvalue weighted by atomic mass is 10.2. The van der Waals surface area contributed by atoms with Crippen LogP contribution in [0.1, 0.15) is 16.1 Å². The summed E-state index contributed by atoms with van der Waals surface area (Å²) in [5.41, 5.74) is 1.26. The lowest BCUT2D eigenvalue weighted by molar-refractivity contribution is 0.0947. The molecule has 0 aliphatic heterocycles. The number of H-pyrrole nitrogens is 1. The van der Waals surface area contributed by atoms with Crippen molar-refractivity contribution in [2.75, 3.05) is 0 Å². The summed E-state index contributed by atoms with van der Waals surface area (Å²) < 4.78 is 12.8. The molecule has 2 aromatic heterocycles. The first kappa shape index (κ1) is 13.0. The highest BCUT2D eigenvalue weighted by Crippen LogP contribution is 2.19. The average molecular weight is 287 g/mol. The van der Waals surface area contributed by atoms with Crippen molar-refractivity contribution in [1.29, 1.82) is 0 Å². The molecule has 0 fully saturated rings. The number of hydrogen-bond donors (Lipinski definition) is 3. The van der Waals surface area contributed by atoms with Crippen LogP contribution in [-0.2, 0) is 6.54 Å². The van der Waals surface area contributed by atoms with Crippen LogP contribution in [0.2, 0.25) is 0 Å². The summed E-state index contributed by atoms with van der Waals surface area (Å²) in [5, 5.41) is 18.2. The van der Waals surface area contributed by atoms with Crippen molar-refractivity contribution >= 4 is 16.9 Å². The van der Waals surface area contributed by atoms with E-state index in [-0.39, 0.29) is 35.0 Å². The number of rotatable bonds is 3. The van der Waals surface area contributed by atoms with Crippen LogP contribution >= 0.6 is 0 Å². The molecule has 0 saturated heterocycles. The Labute approximate surface area is 117 Å². The first-order chi connectivity index (χ1) is 10.1. The molecule has 8 heteroatoms. The molecule has 0 spiro atoms. The van der Waals surface area contributed by atoms with Gasteiger partial charge in [0.1, 0.15) is 17.7 Å². The van der Waals surface area contributed by atoms with Crippen LogP contribution < -0.4 is 5.32 Å². The van der Waals surface area contributed by atoms with E-state index in [1.807, 2.05) is 0 Å². The Morgan fingerprint density at radius 3 is 2.81 bits per heavy atom. The molecule has 0 bridgehead atoms. The van der Waals surface area contributed by atoms with Crippen molar-refractivity contribution in [2.24, 2.45) is 0 Å². The fourth-order valence-corrected chi connectivity index (χ4v) is 1.86. The number of aromatic amines is 1. The van der Waals surface area contributed by atoms with Gasteiger partial charge in [-0.05, 0) is 17.7 Å². The summed E-state index contributed by atoms with van der Waals surface area (Å²) in [6.07, 6.45) is 1.17. The van der Waals surface area contributed by atoms with Crippen molar-refractivity contribution < 1.29 is 14.3 Å². The monoisotopic (exact) mass is 287 g/mol. The van der Waals surface area contributed by atoms with Crippen molar-refractivity contribution in [3.63, 3.8) is 0 Å². The minimum absolute atomic E-state index is 0.0786. The lowest BCUT2D eigenvalue weighted by Gasteiger charge is -2.05. The standard InChI is InChI=1S/C13H10FN5O2/c14-8-3-1-7(2-4-8)5-15-12(20)10-9-11(17-6-16-10)13(21)19-18-9/h1-4,6H,5H2,(H,15,20)(H2,18,19,21). The fraction of sp³-hybridized carbons (Fsp3) is 0.0769. The van der Waals surface area contributed by atoms with E-state index in [1.165, 1.54) is 18.5 Å². The van der Waals surface area contributed by atoms with E-state index in [0.29, 0.717) is 0 Å². The highest BCUT2D eigenvalue weighted by Gasteiger charge is 2.16. The molecule has 21 heavy (non-hydrogen) atoms. The number of carbonyl (C=O) groups is 1. The zero-order chi connectivity index (χ0) is 14.8. The summed E-state index contributed by atoms with van der Waals surface area (Å²) in [6.45, 7) is 0.227. The minimum Gasteiger partial charge on any atom is -0.491 e. The molecule has 1 aromatic carbocycles. The van der Waals surface area contributed by atoms with Crippen LogP contribution in [0.4, 0.5) is 4.39 Å². The topological polar surface area (TPSA) is 104 Å². The predicted octanol–water partition coefficient (Wildman–Crippen LogP) is 1.13. The van der Waals surface area contributed by atoms with Crippen molar-refractivity contribution in [1.82, 2.24) is 25.5 Å². The number of fused-ring (bicyclic) bond motifs is 1. The number of carbonyl (C=O) groups excluding carboxylic acids is 1. The van der Waals surface area contributed by atoms with Gasteiger partial charge in [0.15, 0.2) is 11.2 Å². The van der Waals surface area contributed by atoms with Gasteiger partial charge in [0.2, 0.25) is 0 Å². The zero-order valence-corrected chi connectivity index (χ0v) is 10.7. The highest BCUT2D eigenvalue weighted by molar-refractivity contribution is 6.03. The molecule has 106 valence electrons. The number of amides is 1. The van der Waals surface area contributed by atoms with Crippen LogP contribution in [0.3, 0.4) is 0 Å². The highest BCUT2D eigenvalue weighted by atomic mass is 19.1. The maximum absolute atomic E-state index is 12.8. The van der Waals surface area contributed by atoms with E-state index >= 15 is 0 Å². The van der Waals surface area contributed by atoms with E-state index in [0.717, 1.165) is 5.56 Å². The SMILES string of the molecule is O=C(NCc1ccc(F)cc1)c1ncnc2c(O)n[nH]c12. The van der Waals surface area contributed by atoms with Gasteiger partial charge < -0.3 is 10.4 Å². The van der Waals surface area contributed by atoms with E-state index < -0.39 is 5.91 Å². The Balaban J connectivity index is 1.79. The molecule has 0 aliphatic rings. The summed E-state index contributed by atoms with van der Waals surface area (Å²) in [6, 6.07) is 5.79. The van der Waals surface area contributed by atoms with Gasteiger partial charge in [0, 0.05) is 6.54 Å². The molecule has 3 rings (SSSR count). The van der Waals surface area contributed by atoms with Gasteiger partial charge in [-0.1, -0.05) is 12.1 Å². The molecule has 7 nitrogen and oxygen atoms in total. The molecular weight excluding hydrogens is 277 g/mol. The van der Waals surface area contributed by atoms with Gasteiger partial charge in [-0.25, -0.2) is 14.4 Å². The maximum atomic E-state index is 12.8. The Morgan fingerprint density at radius 2 is 2.05 bits per heavy atom. The van der Waals surface area contributed by atoms with Crippen LogP contribution in [0.25, 0.3) is 11.0 Å². The number of nitrogens with zero attached hydrogens (tertiary/aromatic N) is 3. The second-order valence-electron chi connectivity index (χ2n) is 4.30. The van der Waals surface area contributed by atoms with E-state index in [4.69, 9.17) is 0 Å². The maximum Gasteiger partial charge on any atom is 0.272 e. The van der Waals surface area contributed by atoms with E-state index in [9.17, 15) is 14.3 Å². The van der Waals surface area contributed by atoms with Gasteiger partial charge in [-0.2, -0.15) is 0 Å². The molecule has 0 unspecified atom stereocenters. The molecule has 0 radical (unpaired) electrons. The molecular formula is C13H10FN5O2. The Kier molecular flexibility index (Phi) is 3.19. The van der Waals surface area contributed by atoms with Crippen LogP contribution in [0.15, 0.2) is 30.6 Å². The lowest BCUT2D eigenvalue weighted by Crippen LogP contribution is -2.24. The summed E-state index contributed by atoms with van der Waals surface area (Å²) in [5.74, 6) is -1.08. The third kappa shape index (κ3) is 2.50. The van der Waals surface area contributed by atoms with Crippen LogP contribution in [-0.4, -0.2) is 31.2 Å². The quantitative estimate of drug-likeness (QED) is 0.670. The molecule has 3 aromatic rings. The molecule has 0 atom stereocenters. The van der Waals surface area contributed by atoms with Gasteiger partial charge >= 0.3 is 0 Å². The second kappa shape index (κ2) is 5.16. The molecule has 2 heterocycles. The normalized spacial score (nSPS) is 10.7. The molecule has 3 N–H and O–H groups in total. The van der Waals surface area contributed by atoms with Gasteiger partial charge in [-0.3, -0.25) is 9.89 Å². The van der Waals surface area contributed by atoms with E-state index in [2.05, 4.69) is 25.5 Å². The first-order valence-electron chi connectivity index (χ1n) is 6.06. The van der Waals surface area contributed by atoms with Crippen molar-refractivity contribution in [3.8, 4) is 5.88 Å². The predicted molar refractivity (Wildman–Crippen MR) is 70.9 cm³/mol. The number of aromatic hydroxyl groups is 1. The summed E-state index contributed by atoms with van der Waals surface area (Å²) in [4.78, 5) is 19.8. The Morgan fingerprint density at radius 1 is 1.29 bits per heavy atom. The Bertz CT molecular complexity index is 800. The molecule has 0 saturated carbocycles. The third-order valence-electron chi connectivity index (χ3n) is 2.91. The van der Waals surface area contributed by atoms with Crippen molar-refractivity contribution in [2.45, 2.75) is 6.54 Å². The number of benzene rings is 1. The van der Waals surface area contributed by atoms with Gasteiger partial charge in [0.25, 0.3) is 11.8 Å². The zero-order valence-electron chi connectivity index (χ0n) is 10.7. The van der Waals surface area contributed by atoms with Crippen LogP contribution in [0, 0.1) is 5.82 Å². The average Bonchev–Trinajstić information content (AvgIpc) is 2.88. The van der Waals surface area contributed by atoms with Gasteiger partial charge in [-0.15, -0.1) is 5.10 Å². The van der Waals surface area contributed by atoms with Gasteiger partial charge in [0.05, 0.1) is 0 Å². The summed E-state index contributed by atoms with van der Waals surface area (Å²) in [7, 11) is 0. The number of aromatic nitrogens is 4. The number of halogens is 1. The third-order valence-corrected chi connectivity index (χ3v) is 2.91. The largest absolute Gasteiger partial charge is 0.491 e. The van der Waals surface area contributed by atoms with E-state index in [1.54, 1.807) is 12.1 Å². The Hall–Kier alpha value is -3.03. The smallest absolute Gasteiger partial charge is 0.272 e. The molecule has 0 aliphatic carbocycles. The number of hydrogen-bond acceptors (Lipinski definition) is 5. The second-order valence-corrected chi connectivity index (χ2v) is 4.30. The summed E-state index contributed by atoms with van der Waals surface area (Å²) >= 11 is 0. The van der Waals surface area contributed by atoms with Crippen LogP contribution in [0.5, 0.6) is 5.88 Å². The minimum atomic E-state index is -0.449. The number of nitrogens with one attached hydrogen (secondary N) is 2. The first-order valence-corrected chi connectivity index (χ1v) is 6.06. The molecule has 1 amide bonds.